The minimum absolute atomic E-state index is 0.0113. The SMILES string of the molecule is CC1CCCN(C2CCN(C(=O)c3ccc(C(C)(C)C)c(Cl)c3)CC2)C1. The van der Waals surface area contributed by atoms with Gasteiger partial charge in [0.2, 0.25) is 0 Å². The molecule has 3 nitrogen and oxygen atoms in total. The normalized spacial score (nSPS) is 23.3. The van der Waals surface area contributed by atoms with E-state index in [1.165, 1.54) is 25.9 Å². The van der Waals surface area contributed by atoms with Gasteiger partial charge in [-0.3, -0.25) is 9.69 Å². The van der Waals surface area contributed by atoms with Gasteiger partial charge < -0.3 is 4.90 Å². The van der Waals surface area contributed by atoms with E-state index in [4.69, 9.17) is 11.6 Å². The standard InChI is InChI=1S/C22H33ClN2O/c1-16-6-5-11-25(15-16)18-9-12-24(13-10-18)21(26)17-7-8-19(20(23)14-17)22(2,3)4/h7-8,14,16,18H,5-6,9-13,15H2,1-4H3. The van der Waals surface area contributed by atoms with Crippen LogP contribution in [0, 0.1) is 5.92 Å². The first-order valence-corrected chi connectivity index (χ1v) is 10.5. The Hall–Kier alpha value is -1.06. The van der Waals surface area contributed by atoms with Crippen molar-refractivity contribution in [3.8, 4) is 0 Å². The summed E-state index contributed by atoms with van der Waals surface area (Å²) in [5.74, 6) is 0.935. The molecule has 0 bridgehead atoms. The molecule has 0 saturated carbocycles. The maximum Gasteiger partial charge on any atom is 0.253 e. The summed E-state index contributed by atoms with van der Waals surface area (Å²) in [5.41, 5.74) is 1.80. The number of halogens is 1. The van der Waals surface area contributed by atoms with Crippen LogP contribution in [0.5, 0.6) is 0 Å². The van der Waals surface area contributed by atoms with Crippen LogP contribution in [0.25, 0.3) is 0 Å². The third-order valence-electron chi connectivity index (χ3n) is 5.98. The van der Waals surface area contributed by atoms with E-state index in [0.29, 0.717) is 16.6 Å². The summed E-state index contributed by atoms with van der Waals surface area (Å²) in [6, 6.07) is 6.45. The maximum atomic E-state index is 12.9. The molecule has 0 N–H and O–H groups in total. The number of rotatable bonds is 2. The number of nitrogens with zero attached hydrogens (tertiary/aromatic N) is 2. The average Bonchev–Trinajstić information content (AvgIpc) is 2.60. The number of hydrogen-bond donors (Lipinski definition) is 0. The van der Waals surface area contributed by atoms with E-state index in [9.17, 15) is 4.79 Å². The van der Waals surface area contributed by atoms with Crippen LogP contribution in [0.15, 0.2) is 18.2 Å². The van der Waals surface area contributed by atoms with E-state index in [-0.39, 0.29) is 11.3 Å². The smallest absolute Gasteiger partial charge is 0.253 e. The van der Waals surface area contributed by atoms with E-state index < -0.39 is 0 Å². The van der Waals surface area contributed by atoms with E-state index in [2.05, 4.69) is 32.6 Å². The van der Waals surface area contributed by atoms with E-state index in [0.717, 1.165) is 37.4 Å². The number of carbonyl (C=O) groups is 1. The summed E-state index contributed by atoms with van der Waals surface area (Å²) in [7, 11) is 0. The Bertz CT molecular complexity index is 644. The Balaban J connectivity index is 1.61. The summed E-state index contributed by atoms with van der Waals surface area (Å²) in [4.78, 5) is 17.6. The highest BCUT2D eigenvalue weighted by Crippen LogP contribution is 2.31. The molecule has 0 aliphatic carbocycles. The Kier molecular flexibility index (Phi) is 5.98. The van der Waals surface area contributed by atoms with Crippen molar-refractivity contribution in [1.82, 2.24) is 9.80 Å². The number of hydrogen-bond acceptors (Lipinski definition) is 2. The number of carbonyl (C=O) groups excluding carboxylic acids is 1. The van der Waals surface area contributed by atoms with Crippen molar-refractivity contribution in [2.24, 2.45) is 5.92 Å². The Morgan fingerprint density at radius 2 is 1.81 bits per heavy atom. The second kappa shape index (κ2) is 7.90. The zero-order valence-electron chi connectivity index (χ0n) is 16.7. The Labute approximate surface area is 163 Å². The van der Waals surface area contributed by atoms with Gasteiger partial charge in [-0.2, -0.15) is 0 Å². The van der Waals surface area contributed by atoms with Crippen LogP contribution in [-0.2, 0) is 5.41 Å². The quantitative estimate of drug-likeness (QED) is 0.727. The summed E-state index contributed by atoms with van der Waals surface area (Å²) < 4.78 is 0. The summed E-state index contributed by atoms with van der Waals surface area (Å²) in [6.45, 7) is 12.9. The summed E-state index contributed by atoms with van der Waals surface area (Å²) >= 11 is 6.46. The van der Waals surface area contributed by atoms with Crippen molar-refractivity contribution in [1.29, 1.82) is 0 Å². The fourth-order valence-corrected chi connectivity index (χ4v) is 4.89. The van der Waals surface area contributed by atoms with Gasteiger partial charge in [0.15, 0.2) is 0 Å². The number of amides is 1. The molecule has 0 aromatic heterocycles. The molecule has 1 amide bonds. The average molecular weight is 377 g/mol. The van der Waals surface area contributed by atoms with Crippen molar-refractivity contribution < 1.29 is 4.79 Å². The van der Waals surface area contributed by atoms with Gasteiger partial charge in [-0.25, -0.2) is 0 Å². The van der Waals surface area contributed by atoms with Gasteiger partial charge >= 0.3 is 0 Å². The molecule has 26 heavy (non-hydrogen) atoms. The van der Waals surface area contributed by atoms with Gasteiger partial charge in [0.1, 0.15) is 0 Å². The van der Waals surface area contributed by atoms with Crippen LogP contribution >= 0.6 is 11.6 Å². The molecule has 0 radical (unpaired) electrons. The Morgan fingerprint density at radius 3 is 2.38 bits per heavy atom. The molecule has 1 aromatic carbocycles. The largest absolute Gasteiger partial charge is 0.339 e. The molecule has 1 aromatic rings. The second-order valence-corrected chi connectivity index (χ2v) is 9.62. The molecule has 144 valence electrons. The first-order valence-electron chi connectivity index (χ1n) is 10.1. The first kappa shape index (κ1) is 19.7. The minimum Gasteiger partial charge on any atom is -0.339 e. The molecule has 4 heteroatoms. The number of benzene rings is 1. The molecule has 3 rings (SSSR count). The molecular formula is C22H33ClN2O. The predicted octanol–water partition coefficient (Wildman–Crippen LogP) is 4.97. The van der Waals surface area contributed by atoms with Gasteiger partial charge in [0.05, 0.1) is 0 Å². The van der Waals surface area contributed by atoms with Crippen LogP contribution in [-0.4, -0.2) is 47.9 Å². The van der Waals surface area contributed by atoms with Crippen molar-refractivity contribution in [3.63, 3.8) is 0 Å². The monoisotopic (exact) mass is 376 g/mol. The predicted molar refractivity (Wildman–Crippen MR) is 109 cm³/mol. The zero-order chi connectivity index (χ0) is 18.9. The van der Waals surface area contributed by atoms with Crippen LogP contribution < -0.4 is 0 Å². The summed E-state index contributed by atoms with van der Waals surface area (Å²) in [6.07, 6.45) is 4.86. The van der Waals surface area contributed by atoms with E-state index in [1.807, 2.05) is 23.1 Å². The maximum absolute atomic E-state index is 12.9. The lowest BCUT2D eigenvalue weighted by atomic mass is 9.86. The lowest BCUT2D eigenvalue weighted by molar-refractivity contribution is 0.0542. The molecular weight excluding hydrogens is 344 g/mol. The van der Waals surface area contributed by atoms with Crippen molar-refractivity contribution in [2.45, 2.75) is 64.8 Å². The minimum atomic E-state index is -0.0113. The molecule has 1 unspecified atom stereocenters. The third-order valence-corrected chi connectivity index (χ3v) is 6.29. The molecule has 2 aliphatic rings. The number of piperidine rings is 2. The molecule has 1 atom stereocenters. The van der Waals surface area contributed by atoms with Crippen LogP contribution in [0.4, 0.5) is 0 Å². The second-order valence-electron chi connectivity index (χ2n) is 9.21. The van der Waals surface area contributed by atoms with Gasteiger partial charge in [0.25, 0.3) is 5.91 Å². The van der Waals surface area contributed by atoms with Crippen molar-refractivity contribution >= 4 is 17.5 Å². The highest BCUT2D eigenvalue weighted by molar-refractivity contribution is 6.31. The highest BCUT2D eigenvalue weighted by Gasteiger charge is 2.30. The van der Waals surface area contributed by atoms with Gasteiger partial charge in [-0.15, -0.1) is 0 Å². The molecule has 0 spiro atoms. The lowest BCUT2D eigenvalue weighted by Crippen LogP contribution is -2.49. The molecule has 2 saturated heterocycles. The van der Waals surface area contributed by atoms with Gasteiger partial charge in [0, 0.05) is 36.3 Å². The molecule has 2 heterocycles. The first-order chi connectivity index (χ1) is 12.3. The molecule has 2 aliphatic heterocycles. The highest BCUT2D eigenvalue weighted by atomic mass is 35.5. The van der Waals surface area contributed by atoms with Gasteiger partial charge in [-0.1, -0.05) is 45.4 Å². The van der Waals surface area contributed by atoms with Crippen LogP contribution in [0.2, 0.25) is 5.02 Å². The lowest BCUT2D eigenvalue weighted by Gasteiger charge is -2.41. The van der Waals surface area contributed by atoms with Gasteiger partial charge in [-0.05, 0) is 61.3 Å². The van der Waals surface area contributed by atoms with Crippen molar-refractivity contribution in [3.05, 3.63) is 34.3 Å². The fourth-order valence-electron chi connectivity index (χ4n) is 4.43. The topological polar surface area (TPSA) is 23.6 Å². The van der Waals surface area contributed by atoms with Crippen molar-refractivity contribution in [2.75, 3.05) is 26.2 Å². The number of likely N-dealkylation sites (tertiary alicyclic amines) is 2. The fraction of sp³-hybridized carbons (Fsp3) is 0.682. The van der Waals surface area contributed by atoms with E-state index >= 15 is 0 Å². The third kappa shape index (κ3) is 4.43. The zero-order valence-corrected chi connectivity index (χ0v) is 17.5. The summed E-state index contributed by atoms with van der Waals surface area (Å²) in [5, 5.41) is 0.695. The Morgan fingerprint density at radius 1 is 1.12 bits per heavy atom. The molecule has 2 fully saturated rings. The van der Waals surface area contributed by atoms with Crippen LogP contribution in [0.3, 0.4) is 0 Å². The van der Waals surface area contributed by atoms with Crippen LogP contribution in [0.1, 0.15) is 69.3 Å². The van der Waals surface area contributed by atoms with E-state index in [1.54, 1.807) is 0 Å².